The molecular formula is C20H17ClN2O4S. The molecule has 1 atom stereocenters. The highest BCUT2D eigenvalue weighted by molar-refractivity contribution is 7.86. The van der Waals surface area contributed by atoms with E-state index in [2.05, 4.69) is 4.98 Å². The fourth-order valence-corrected chi connectivity index (χ4v) is 4.33. The third kappa shape index (κ3) is 3.69. The smallest absolute Gasteiger partial charge is 0.273 e. The van der Waals surface area contributed by atoms with Gasteiger partial charge in [-0.1, -0.05) is 41.9 Å². The predicted molar refractivity (Wildman–Crippen MR) is 108 cm³/mol. The summed E-state index contributed by atoms with van der Waals surface area (Å²) in [6.45, 7) is 0.329. The van der Waals surface area contributed by atoms with Crippen LogP contribution in [-0.2, 0) is 10.1 Å². The Morgan fingerprint density at radius 2 is 1.57 bits per heavy atom. The highest BCUT2D eigenvalue weighted by Gasteiger charge is 2.30. The van der Waals surface area contributed by atoms with E-state index in [9.17, 15) is 13.0 Å². The maximum atomic E-state index is 12.0. The van der Waals surface area contributed by atoms with Gasteiger partial charge in [-0.2, -0.15) is 8.42 Å². The SMILES string of the molecule is O=S(=O)(O)C(CCN1c2ccccc2Oc2ccccc21)c1cccc(Cl)n1. The Bertz CT molecular complexity index is 1070. The van der Waals surface area contributed by atoms with E-state index in [0.717, 1.165) is 11.4 Å². The molecule has 0 amide bonds. The van der Waals surface area contributed by atoms with Crippen molar-refractivity contribution in [3.63, 3.8) is 0 Å². The molecule has 2 heterocycles. The molecule has 0 fully saturated rings. The summed E-state index contributed by atoms with van der Waals surface area (Å²) in [5, 5.41) is -1.01. The van der Waals surface area contributed by atoms with Gasteiger partial charge in [0.25, 0.3) is 10.1 Å². The van der Waals surface area contributed by atoms with Gasteiger partial charge in [0.15, 0.2) is 11.5 Å². The molecule has 0 bridgehead atoms. The number of para-hydroxylation sites is 4. The van der Waals surface area contributed by atoms with Gasteiger partial charge in [-0.25, -0.2) is 4.98 Å². The molecule has 2 aromatic carbocycles. The van der Waals surface area contributed by atoms with Crippen molar-refractivity contribution in [2.45, 2.75) is 11.7 Å². The van der Waals surface area contributed by atoms with Gasteiger partial charge in [0, 0.05) is 6.54 Å². The molecule has 1 aromatic heterocycles. The second-order valence-electron chi connectivity index (χ2n) is 6.37. The van der Waals surface area contributed by atoms with Crippen LogP contribution < -0.4 is 9.64 Å². The molecule has 0 aliphatic carbocycles. The number of halogens is 1. The second kappa shape index (κ2) is 7.43. The van der Waals surface area contributed by atoms with Gasteiger partial charge in [0.05, 0.1) is 17.1 Å². The van der Waals surface area contributed by atoms with Gasteiger partial charge in [0.2, 0.25) is 0 Å². The summed E-state index contributed by atoms with van der Waals surface area (Å²) in [6.07, 6.45) is 0.120. The highest BCUT2D eigenvalue weighted by Crippen LogP contribution is 2.46. The highest BCUT2D eigenvalue weighted by atomic mass is 35.5. The van der Waals surface area contributed by atoms with Gasteiger partial charge in [-0.05, 0) is 42.8 Å². The monoisotopic (exact) mass is 416 g/mol. The minimum absolute atomic E-state index is 0.120. The first-order valence-corrected chi connectivity index (χ1v) is 10.5. The molecule has 3 aromatic rings. The molecule has 0 saturated heterocycles. The number of benzene rings is 2. The molecule has 0 radical (unpaired) electrons. The summed E-state index contributed by atoms with van der Waals surface area (Å²) in [7, 11) is -4.37. The Balaban J connectivity index is 1.69. The first-order chi connectivity index (χ1) is 13.4. The average molecular weight is 417 g/mol. The second-order valence-corrected chi connectivity index (χ2v) is 8.35. The van der Waals surface area contributed by atoms with Gasteiger partial charge in [-0.3, -0.25) is 4.55 Å². The van der Waals surface area contributed by atoms with Gasteiger partial charge in [0.1, 0.15) is 10.4 Å². The lowest BCUT2D eigenvalue weighted by Crippen LogP contribution is -2.26. The van der Waals surface area contributed by atoms with Crippen LogP contribution in [0, 0.1) is 0 Å². The zero-order chi connectivity index (χ0) is 19.7. The first-order valence-electron chi connectivity index (χ1n) is 8.66. The maximum absolute atomic E-state index is 12.0. The van der Waals surface area contributed by atoms with Crippen LogP contribution in [0.1, 0.15) is 17.4 Å². The van der Waals surface area contributed by atoms with Crippen molar-refractivity contribution >= 4 is 33.1 Å². The number of nitrogens with zero attached hydrogens (tertiary/aromatic N) is 2. The fraction of sp³-hybridized carbons (Fsp3) is 0.150. The number of hydrogen-bond donors (Lipinski definition) is 1. The molecule has 8 heteroatoms. The van der Waals surface area contributed by atoms with E-state index < -0.39 is 15.4 Å². The molecule has 4 rings (SSSR count). The molecule has 0 saturated carbocycles. The zero-order valence-electron chi connectivity index (χ0n) is 14.7. The van der Waals surface area contributed by atoms with Crippen molar-refractivity contribution in [3.8, 4) is 11.5 Å². The number of hydrogen-bond acceptors (Lipinski definition) is 5. The predicted octanol–water partition coefficient (Wildman–Crippen LogP) is 5.00. The number of aromatic nitrogens is 1. The van der Waals surface area contributed by atoms with E-state index >= 15 is 0 Å². The van der Waals surface area contributed by atoms with Crippen molar-refractivity contribution in [1.82, 2.24) is 4.98 Å². The van der Waals surface area contributed by atoms with Crippen LogP contribution in [0.5, 0.6) is 11.5 Å². The van der Waals surface area contributed by atoms with E-state index in [0.29, 0.717) is 18.0 Å². The quantitative estimate of drug-likeness (QED) is 0.465. The summed E-state index contributed by atoms with van der Waals surface area (Å²) < 4.78 is 39.8. The largest absolute Gasteiger partial charge is 0.453 e. The summed E-state index contributed by atoms with van der Waals surface area (Å²) in [5.41, 5.74) is 1.87. The average Bonchev–Trinajstić information content (AvgIpc) is 2.66. The van der Waals surface area contributed by atoms with Crippen LogP contribution in [0.15, 0.2) is 66.7 Å². The van der Waals surface area contributed by atoms with E-state index in [-0.39, 0.29) is 17.3 Å². The van der Waals surface area contributed by atoms with E-state index in [1.807, 2.05) is 53.4 Å². The van der Waals surface area contributed by atoms with Crippen LogP contribution in [0.25, 0.3) is 0 Å². The zero-order valence-corrected chi connectivity index (χ0v) is 16.3. The van der Waals surface area contributed by atoms with Crippen molar-refractivity contribution < 1.29 is 17.7 Å². The lowest BCUT2D eigenvalue weighted by Gasteiger charge is -2.33. The van der Waals surface area contributed by atoms with Crippen LogP contribution >= 0.6 is 11.6 Å². The third-order valence-corrected chi connectivity index (χ3v) is 5.98. The Hall–Kier alpha value is -2.61. The Morgan fingerprint density at radius 3 is 2.14 bits per heavy atom. The van der Waals surface area contributed by atoms with Crippen LogP contribution in [0.4, 0.5) is 11.4 Å². The molecular weight excluding hydrogens is 400 g/mol. The van der Waals surface area contributed by atoms with Gasteiger partial charge in [-0.15, -0.1) is 0 Å². The lowest BCUT2D eigenvalue weighted by molar-refractivity contribution is 0.460. The van der Waals surface area contributed by atoms with Crippen molar-refractivity contribution in [2.75, 3.05) is 11.4 Å². The van der Waals surface area contributed by atoms with E-state index in [1.165, 1.54) is 0 Å². The van der Waals surface area contributed by atoms with Crippen LogP contribution in [-0.4, -0.2) is 24.5 Å². The summed E-state index contributed by atoms with van der Waals surface area (Å²) >= 11 is 5.91. The lowest BCUT2D eigenvalue weighted by atomic mass is 10.1. The molecule has 144 valence electrons. The maximum Gasteiger partial charge on any atom is 0.273 e. The minimum Gasteiger partial charge on any atom is -0.453 e. The number of ether oxygens (including phenoxy) is 1. The van der Waals surface area contributed by atoms with Crippen LogP contribution in [0.3, 0.4) is 0 Å². The van der Waals surface area contributed by atoms with Crippen molar-refractivity contribution in [3.05, 3.63) is 77.6 Å². The van der Waals surface area contributed by atoms with E-state index in [4.69, 9.17) is 16.3 Å². The fourth-order valence-electron chi connectivity index (χ4n) is 3.32. The summed E-state index contributed by atoms with van der Waals surface area (Å²) in [4.78, 5) is 6.06. The summed E-state index contributed by atoms with van der Waals surface area (Å²) in [5.74, 6) is 1.37. The first kappa shape index (κ1) is 18.7. The number of fused-ring (bicyclic) bond motifs is 2. The topological polar surface area (TPSA) is 79.7 Å². The molecule has 6 nitrogen and oxygen atoms in total. The van der Waals surface area contributed by atoms with Crippen LogP contribution in [0.2, 0.25) is 5.15 Å². The minimum atomic E-state index is -4.37. The number of rotatable bonds is 5. The molecule has 1 N–H and O–H groups in total. The van der Waals surface area contributed by atoms with Gasteiger partial charge < -0.3 is 9.64 Å². The van der Waals surface area contributed by atoms with Crippen molar-refractivity contribution in [2.24, 2.45) is 0 Å². The Kier molecular flexibility index (Phi) is 4.97. The standard InChI is InChI=1S/C20H17ClN2O4S/c21-20-11-5-6-14(22-20)19(28(24,25)26)12-13-23-15-7-1-3-9-17(15)27-18-10-4-2-8-16(18)23/h1-11,19H,12-13H2,(H,24,25,26). The Morgan fingerprint density at radius 1 is 0.964 bits per heavy atom. The van der Waals surface area contributed by atoms with Crippen molar-refractivity contribution in [1.29, 1.82) is 0 Å². The summed E-state index contributed by atoms with van der Waals surface area (Å²) in [6, 6.07) is 19.8. The van der Waals surface area contributed by atoms with E-state index in [1.54, 1.807) is 18.2 Å². The molecule has 1 aliphatic heterocycles. The van der Waals surface area contributed by atoms with Gasteiger partial charge >= 0.3 is 0 Å². The molecule has 0 spiro atoms. The normalized spacial score (nSPS) is 14.0. The third-order valence-electron chi connectivity index (χ3n) is 4.57. The number of anilines is 2. The molecule has 28 heavy (non-hydrogen) atoms. The number of pyridine rings is 1. The molecule has 1 unspecified atom stereocenters. The Labute approximate surface area is 168 Å². The molecule has 1 aliphatic rings.